The van der Waals surface area contributed by atoms with Gasteiger partial charge in [0.1, 0.15) is 0 Å². The number of hydrogen-bond acceptors (Lipinski definition) is 3. The van der Waals surface area contributed by atoms with E-state index in [1.165, 1.54) is 25.7 Å². The van der Waals surface area contributed by atoms with Crippen LogP contribution >= 0.6 is 23.2 Å². The highest BCUT2D eigenvalue weighted by atomic mass is 35.5. The van der Waals surface area contributed by atoms with E-state index in [0.29, 0.717) is 28.0 Å². The van der Waals surface area contributed by atoms with Gasteiger partial charge in [0.15, 0.2) is 0 Å². The number of nitrogens with two attached hydrogens (primary N) is 1. The van der Waals surface area contributed by atoms with Crippen LogP contribution in [-0.4, -0.2) is 24.0 Å². The van der Waals surface area contributed by atoms with Crippen molar-refractivity contribution >= 4 is 23.2 Å². The van der Waals surface area contributed by atoms with Gasteiger partial charge in [0, 0.05) is 12.1 Å². The molecule has 2 fully saturated rings. The Morgan fingerprint density at radius 2 is 1.90 bits per heavy atom. The summed E-state index contributed by atoms with van der Waals surface area (Å²) in [6, 6.07) is 7.24. The number of nitrogens with zero attached hydrogens (tertiary/aromatic N) is 1. The Kier molecular flexibility index (Phi) is 4.25. The first-order chi connectivity index (χ1) is 9.61. The molecule has 0 radical (unpaired) electrons. The maximum atomic E-state index is 6.37. The van der Waals surface area contributed by atoms with Crippen molar-refractivity contribution in [2.75, 3.05) is 7.05 Å². The molecule has 3 N–H and O–H groups in total. The van der Waals surface area contributed by atoms with Crippen LogP contribution < -0.4 is 11.3 Å². The molecule has 0 saturated carbocycles. The maximum absolute atomic E-state index is 6.37. The number of rotatable bonds is 3. The smallest absolute Gasteiger partial charge is 0.0640 e. The predicted octanol–water partition coefficient (Wildman–Crippen LogP) is 3.37. The molecule has 0 aliphatic carbocycles. The molecule has 0 amide bonds. The lowest BCUT2D eigenvalue weighted by Crippen LogP contribution is -2.45. The second-order valence-corrected chi connectivity index (χ2v) is 6.85. The number of fused-ring (bicyclic) bond motifs is 2. The first kappa shape index (κ1) is 14.6. The standard InChI is InChI=1S/C15H21Cl2N3/c1-20-10-5-6-11(20)8-9(7-10)15(19-18)12-3-2-4-13(16)14(12)17/h2-4,9-11,15,19H,5-8,18H2,1H3. The summed E-state index contributed by atoms with van der Waals surface area (Å²) in [5.41, 5.74) is 4.00. The molecular weight excluding hydrogens is 293 g/mol. The Balaban J connectivity index is 1.86. The average molecular weight is 314 g/mol. The number of hydrogen-bond donors (Lipinski definition) is 2. The van der Waals surface area contributed by atoms with Crippen molar-refractivity contribution in [1.82, 2.24) is 10.3 Å². The van der Waals surface area contributed by atoms with Crippen molar-refractivity contribution in [3.63, 3.8) is 0 Å². The SMILES string of the molecule is CN1C2CCC1CC(C(NN)c1cccc(Cl)c1Cl)C2. The predicted molar refractivity (Wildman–Crippen MR) is 83.8 cm³/mol. The van der Waals surface area contributed by atoms with E-state index < -0.39 is 0 Å². The van der Waals surface area contributed by atoms with Gasteiger partial charge in [-0.3, -0.25) is 11.3 Å². The van der Waals surface area contributed by atoms with Crippen LogP contribution in [0.1, 0.15) is 37.3 Å². The molecule has 2 heterocycles. The van der Waals surface area contributed by atoms with Crippen molar-refractivity contribution in [2.24, 2.45) is 11.8 Å². The van der Waals surface area contributed by atoms with Crippen molar-refractivity contribution in [3.8, 4) is 0 Å². The van der Waals surface area contributed by atoms with E-state index in [0.717, 1.165) is 5.56 Å². The molecule has 3 atom stereocenters. The Morgan fingerprint density at radius 1 is 1.25 bits per heavy atom. The van der Waals surface area contributed by atoms with E-state index in [-0.39, 0.29) is 6.04 Å². The Labute approximate surface area is 130 Å². The number of halogens is 2. The van der Waals surface area contributed by atoms with Gasteiger partial charge in [-0.2, -0.15) is 0 Å². The van der Waals surface area contributed by atoms with Crippen LogP contribution in [0.3, 0.4) is 0 Å². The molecule has 1 aromatic rings. The van der Waals surface area contributed by atoms with Gasteiger partial charge in [0.05, 0.1) is 16.1 Å². The van der Waals surface area contributed by atoms with Gasteiger partial charge >= 0.3 is 0 Å². The lowest BCUT2D eigenvalue weighted by atomic mass is 9.82. The lowest BCUT2D eigenvalue weighted by molar-refractivity contribution is 0.112. The molecule has 110 valence electrons. The van der Waals surface area contributed by atoms with E-state index in [1.807, 2.05) is 18.2 Å². The summed E-state index contributed by atoms with van der Waals surface area (Å²) in [6.45, 7) is 0. The maximum Gasteiger partial charge on any atom is 0.0640 e. The summed E-state index contributed by atoms with van der Waals surface area (Å²) in [7, 11) is 2.25. The average Bonchev–Trinajstić information content (AvgIpc) is 2.66. The molecule has 2 aliphatic heterocycles. The molecule has 3 unspecified atom stereocenters. The number of nitrogens with one attached hydrogen (secondary N) is 1. The Hall–Kier alpha value is -0.320. The third-order valence-electron chi connectivity index (χ3n) is 5.10. The van der Waals surface area contributed by atoms with Gasteiger partial charge in [-0.1, -0.05) is 35.3 Å². The molecule has 3 rings (SSSR count). The molecule has 0 aromatic heterocycles. The van der Waals surface area contributed by atoms with Gasteiger partial charge < -0.3 is 4.90 Å². The Morgan fingerprint density at radius 3 is 2.50 bits per heavy atom. The van der Waals surface area contributed by atoms with Crippen LogP contribution in [0.25, 0.3) is 0 Å². The van der Waals surface area contributed by atoms with Crippen LogP contribution in [0.15, 0.2) is 18.2 Å². The van der Waals surface area contributed by atoms with E-state index >= 15 is 0 Å². The molecule has 20 heavy (non-hydrogen) atoms. The van der Waals surface area contributed by atoms with E-state index in [4.69, 9.17) is 29.0 Å². The zero-order valence-corrected chi connectivity index (χ0v) is 13.2. The van der Waals surface area contributed by atoms with Crippen molar-refractivity contribution in [2.45, 2.75) is 43.8 Å². The minimum absolute atomic E-state index is 0.0815. The molecule has 5 heteroatoms. The van der Waals surface area contributed by atoms with Crippen LogP contribution in [0.4, 0.5) is 0 Å². The van der Waals surface area contributed by atoms with E-state index in [9.17, 15) is 0 Å². The molecule has 1 aromatic carbocycles. The summed E-state index contributed by atoms with van der Waals surface area (Å²) in [6.07, 6.45) is 4.95. The zero-order valence-electron chi connectivity index (χ0n) is 11.7. The summed E-state index contributed by atoms with van der Waals surface area (Å²) >= 11 is 12.5. The van der Waals surface area contributed by atoms with Gasteiger partial charge in [-0.05, 0) is 50.3 Å². The number of hydrazine groups is 1. The molecule has 2 saturated heterocycles. The highest BCUT2D eigenvalue weighted by Gasteiger charge is 2.41. The van der Waals surface area contributed by atoms with Crippen molar-refractivity contribution in [3.05, 3.63) is 33.8 Å². The second kappa shape index (κ2) is 5.82. The van der Waals surface area contributed by atoms with Crippen LogP contribution in [-0.2, 0) is 0 Å². The topological polar surface area (TPSA) is 41.3 Å². The molecule has 2 aliphatic rings. The quantitative estimate of drug-likeness (QED) is 0.664. The first-order valence-corrected chi connectivity index (χ1v) is 7.99. The van der Waals surface area contributed by atoms with Crippen molar-refractivity contribution < 1.29 is 0 Å². The molecule has 3 nitrogen and oxygen atoms in total. The number of piperidine rings is 1. The number of benzene rings is 1. The highest BCUT2D eigenvalue weighted by Crippen LogP contribution is 2.44. The summed E-state index contributed by atoms with van der Waals surface area (Å²) in [4.78, 5) is 2.53. The van der Waals surface area contributed by atoms with Gasteiger partial charge in [-0.15, -0.1) is 0 Å². The first-order valence-electron chi connectivity index (χ1n) is 7.23. The fourth-order valence-corrected chi connectivity index (χ4v) is 4.39. The van der Waals surface area contributed by atoms with Gasteiger partial charge in [0.25, 0.3) is 0 Å². The molecular formula is C15H21Cl2N3. The summed E-state index contributed by atoms with van der Waals surface area (Å²) in [5.74, 6) is 6.35. The zero-order chi connectivity index (χ0) is 14.3. The van der Waals surface area contributed by atoms with E-state index in [1.54, 1.807) is 0 Å². The van der Waals surface area contributed by atoms with Gasteiger partial charge in [0.2, 0.25) is 0 Å². The largest absolute Gasteiger partial charge is 0.300 e. The van der Waals surface area contributed by atoms with Crippen LogP contribution in [0.5, 0.6) is 0 Å². The minimum Gasteiger partial charge on any atom is -0.300 e. The van der Waals surface area contributed by atoms with Crippen LogP contribution in [0, 0.1) is 5.92 Å². The fourth-order valence-electron chi connectivity index (χ4n) is 3.97. The normalized spacial score (nSPS) is 31.5. The molecule has 0 spiro atoms. The van der Waals surface area contributed by atoms with E-state index in [2.05, 4.69) is 17.4 Å². The molecule has 2 bridgehead atoms. The summed E-state index contributed by atoms with van der Waals surface area (Å²) in [5, 5.41) is 1.23. The van der Waals surface area contributed by atoms with Crippen LogP contribution in [0.2, 0.25) is 10.0 Å². The monoisotopic (exact) mass is 313 g/mol. The highest BCUT2D eigenvalue weighted by molar-refractivity contribution is 6.42. The van der Waals surface area contributed by atoms with Crippen molar-refractivity contribution in [1.29, 1.82) is 0 Å². The summed E-state index contributed by atoms with van der Waals surface area (Å²) < 4.78 is 0. The lowest BCUT2D eigenvalue weighted by Gasteiger charge is -2.40. The second-order valence-electron chi connectivity index (χ2n) is 6.07. The Bertz CT molecular complexity index is 480. The minimum atomic E-state index is 0.0815. The third-order valence-corrected chi connectivity index (χ3v) is 5.94. The van der Waals surface area contributed by atoms with Gasteiger partial charge in [-0.25, -0.2) is 0 Å². The third kappa shape index (κ3) is 2.46. The fraction of sp³-hybridized carbons (Fsp3) is 0.600.